The standard InChI is InChI=1S/C14H17N7/c1-2-5-16-14-19-12(11-9-18-21-13(11)20-14)17-8-10-3-6-15-7-4-10/h3-4,6-7,9H,2,5,8H2,1H3,(H3,16,17,18,19,20,21). The molecule has 0 saturated carbocycles. The van der Waals surface area contributed by atoms with Crippen LogP contribution in [-0.4, -0.2) is 31.7 Å². The van der Waals surface area contributed by atoms with E-state index in [1.54, 1.807) is 18.6 Å². The summed E-state index contributed by atoms with van der Waals surface area (Å²) in [5.74, 6) is 1.37. The molecule has 0 atom stereocenters. The number of pyridine rings is 1. The molecule has 3 heterocycles. The van der Waals surface area contributed by atoms with E-state index in [0.717, 1.165) is 35.4 Å². The monoisotopic (exact) mass is 283 g/mol. The molecule has 3 rings (SSSR count). The van der Waals surface area contributed by atoms with Crippen LogP contribution in [0.4, 0.5) is 11.8 Å². The Kier molecular flexibility index (Phi) is 3.90. The van der Waals surface area contributed by atoms with Crippen LogP contribution in [0.3, 0.4) is 0 Å². The SMILES string of the molecule is CCCNc1nc(NCc2ccncc2)c2cn[nH]c2n1. The number of H-pyrrole nitrogens is 1. The Morgan fingerprint density at radius 1 is 1.14 bits per heavy atom. The molecule has 21 heavy (non-hydrogen) atoms. The fraction of sp³-hybridized carbons (Fsp3) is 0.286. The molecule has 7 heteroatoms. The van der Waals surface area contributed by atoms with Gasteiger partial charge >= 0.3 is 0 Å². The molecule has 0 aliphatic carbocycles. The number of aromatic amines is 1. The van der Waals surface area contributed by atoms with Gasteiger partial charge in [-0.15, -0.1) is 0 Å². The summed E-state index contributed by atoms with van der Waals surface area (Å²) in [5.41, 5.74) is 1.86. The Morgan fingerprint density at radius 3 is 2.81 bits per heavy atom. The number of hydrogen-bond acceptors (Lipinski definition) is 6. The highest BCUT2D eigenvalue weighted by atomic mass is 15.2. The molecule has 0 unspecified atom stereocenters. The molecular weight excluding hydrogens is 266 g/mol. The normalized spacial score (nSPS) is 10.7. The smallest absolute Gasteiger partial charge is 0.226 e. The minimum atomic E-state index is 0.603. The van der Waals surface area contributed by atoms with Crippen LogP contribution in [0, 0.1) is 0 Å². The fourth-order valence-corrected chi connectivity index (χ4v) is 1.97. The van der Waals surface area contributed by atoms with Gasteiger partial charge in [0.05, 0.1) is 11.6 Å². The number of anilines is 2. The maximum atomic E-state index is 4.52. The van der Waals surface area contributed by atoms with Gasteiger partial charge in [-0.1, -0.05) is 6.92 Å². The van der Waals surface area contributed by atoms with Crippen molar-refractivity contribution in [2.75, 3.05) is 17.2 Å². The van der Waals surface area contributed by atoms with E-state index >= 15 is 0 Å². The van der Waals surface area contributed by atoms with E-state index < -0.39 is 0 Å². The second kappa shape index (κ2) is 6.17. The van der Waals surface area contributed by atoms with Crippen molar-refractivity contribution in [1.29, 1.82) is 0 Å². The third-order valence-electron chi connectivity index (χ3n) is 3.05. The molecule has 108 valence electrons. The average molecular weight is 283 g/mol. The van der Waals surface area contributed by atoms with Gasteiger partial charge in [-0.2, -0.15) is 15.1 Å². The van der Waals surface area contributed by atoms with E-state index in [0.29, 0.717) is 12.5 Å². The predicted octanol–water partition coefficient (Wildman–Crippen LogP) is 2.18. The summed E-state index contributed by atoms with van der Waals surface area (Å²) in [4.78, 5) is 12.9. The Hall–Kier alpha value is -2.70. The van der Waals surface area contributed by atoms with Gasteiger partial charge in [0, 0.05) is 25.5 Å². The second-order valence-corrected chi connectivity index (χ2v) is 4.66. The van der Waals surface area contributed by atoms with Crippen LogP contribution in [-0.2, 0) is 6.54 Å². The number of aromatic nitrogens is 5. The minimum Gasteiger partial charge on any atom is -0.365 e. The van der Waals surface area contributed by atoms with Gasteiger partial charge < -0.3 is 10.6 Å². The highest BCUT2D eigenvalue weighted by Crippen LogP contribution is 2.20. The summed E-state index contributed by atoms with van der Waals surface area (Å²) in [6.45, 7) is 3.61. The molecule has 0 aromatic carbocycles. The van der Waals surface area contributed by atoms with Crippen molar-refractivity contribution in [3.05, 3.63) is 36.3 Å². The highest BCUT2D eigenvalue weighted by Gasteiger charge is 2.09. The van der Waals surface area contributed by atoms with Crippen molar-refractivity contribution in [1.82, 2.24) is 25.1 Å². The highest BCUT2D eigenvalue weighted by molar-refractivity contribution is 5.86. The van der Waals surface area contributed by atoms with E-state index in [-0.39, 0.29) is 0 Å². The molecule has 3 aromatic heterocycles. The summed E-state index contributed by atoms with van der Waals surface area (Å²) in [7, 11) is 0. The molecule has 0 radical (unpaired) electrons. The zero-order valence-corrected chi connectivity index (χ0v) is 11.8. The third-order valence-corrected chi connectivity index (χ3v) is 3.05. The molecule has 3 N–H and O–H groups in total. The first-order chi connectivity index (χ1) is 10.4. The summed E-state index contributed by atoms with van der Waals surface area (Å²) in [5, 5.41) is 14.3. The lowest BCUT2D eigenvalue weighted by atomic mass is 10.2. The second-order valence-electron chi connectivity index (χ2n) is 4.66. The number of fused-ring (bicyclic) bond motifs is 1. The molecule has 0 bridgehead atoms. The first kappa shape index (κ1) is 13.3. The van der Waals surface area contributed by atoms with Crippen molar-refractivity contribution in [3.8, 4) is 0 Å². The van der Waals surface area contributed by atoms with Crippen LogP contribution in [0.15, 0.2) is 30.7 Å². The van der Waals surface area contributed by atoms with E-state index in [1.165, 1.54) is 0 Å². The Bertz CT molecular complexity index is 708. The lowest BCUT2D eigenvalue weighted by Crippen LogP contribution is -2.08. The lowest BCUT2D eigenvalue weighted by Gasteiger charge is -2.09. The van der Waals surface area contributed by atoms with Gasteiger partial charge in [0.25, 0.3) is 0 Å². The fourth-order valence-electron chi connectivity index (χ4n) is 1.97. The van der Waals surface area contributed by atoms with Crippen LogP contribution in [0.5, 0.6) is 0 Å². The van der Waals surface area contributed by atoms with Crippen LogP contribution >= 0.6 is 0 Å². The van der Waals surface area contributed by atoms with E-state index in [2.05, 4.69) is 42.7 Å². The van der Waals surface area contributed by atoms with Crippen molar-refractivity contribution >= 4 is 22.8 Å². The minimum absolute atomic E-state index is 0.603. The largest absolute Gasteiger partial charge is 0.365 e. The van der Waals surface area contributed by atoms with Gasteiger partial charge in [-0.25, -0.2) is 0 Å². The van der Waals surface area contributed by atoms with Crippen LogP contribution in [0.1, 0.15) is 18.9 Å². The summed E-state index contributed by atoms with van der Waals surface area (Å²) in [6, 6.07) is 3.94. The number of rotatable bonds is 6. The molecule has 0 aliphatic heterocycles. The Balaban J connectivity index is 1.83. The predicted molar refractivity (Wildman–Crippen MR) is 82.0 cm³/mol. The Morgan fingerprint density at radius 2 is 2.00 bits per heavy atom. The first-order valence-corrected chi connectivity index (χ1v) is 6.94. The Labute approximate surface area is 122 Å². The molecular formula is C14H17N7. The van der Waals surface area contributed by atoms with Crippen molar-refractivity contribution < 1.29 is 0 Å². The van der Waals surface area contributed by atoms with Gasteiger partial charge in [0.2, 0.25) is 5.95 Å². The quantitative estimate of drug-likeness (QED) is 0.642. The summed E-state index contributed by atoms with van der Waals surface area (Å²) >= 11 is 0. The van der Waals surface area contributed by atoms with Crippen molar-refractivity contribution in [2.45, 2.75) is 19.9 Å². The van der Waals surface area contributed by atoms with Gasteiger partial charge in [0.15, 0.2) is 5.65 Å². The van der Waals surface area contributed by atoms with Crippen LogP contribution in [0.25, 0.3) is 11.0 Å². The van der Waals surface area contributed by atoms with Crippen LogP contribution in [0.2, 0.25) is 0 Å². The third kappa shape index (κ3) is 3.07. The number of nitrogens with one attached hydrogen (secondary N) is 3. The van der Waals surface area contributed by atoms with Gasteiger partial charge in [0.1, 0.15) is 5.82 Å². The molecule has 0 fully saturated rings. The van der Waals surface area contributed by atoms with Crippen molar-refractivity contribution in [2.24, 2.45) is 0 Å². The molecule has 7 nitrogen and oxygen atoms in total. The maximum Gasteiger partial charge on any atom is 0.226 e. The first-order valence-electron chi connectivity index (χ1n) is 6.94. The average Bonchev–Trinajstić information content (AvgIpc) is 3.00. The summed E-state index contributed by atoms with van der Waals surface area (Å²) < 4.78 is 0. The zero-order chi connectivity index (χ0) is 14.5. The number of hydrogen-bond donors (Lipinski definition) is 3. The lowest BCUT2D eigenvalue weighted by molar-refractivity contribution is 0.953. The van der Waals surface area contributed by atoms with E-state index in [1.807, 2.05) is 12.1 Å². The van der Waals surface area contributed by atoms with Crippen LogP contribution < -0.4 is 10.6 Å². The maximum absolute atomic E-state index is 4.52. The zero-order valence-electron chi connectivity index (χ0n) is 11.8. The topological polar surface area (TPSA) is 91.4 Å². The molecule has 0 saturated heterocycles. The van der Waals surface area contributed by atoms with Gasteiger partial charge in [-0.05, 0) is 24.1 Å². The van der Waals surface area contributed by atoms with E-state index in [4.69, 9.17) is 0 Å². The van der Waals surface area contributed by atoms with Crippen molar-refractivity contribution in [3.63, 3.8) is 0 Å². The van der Waals surface area contributed by atoms with Gasteiger partial charge in [-0.3, -0.25) is 10.1 Å². The van der Waals surface area contributed by atoms with E-state index in [9.17, 15) is 0 Å². The molecule has 0 amide bonds. The molecule has 0 aliphatic rings. The summed E-state index contributed by atoms with van der Waals surface area (Å²) in [6.07, 6.45) is 6.30. The molecule has 0 spiro atoms. The number of nitrogens with zero attached hydrogens (tertiary/aromatic N) is 4. The molecule has 3 aromatic rings.